The molecule has 8 heteroatoms. The molecule has 0 amide bonds. The number of phenols is 2. The molecule has 0 bridgehead atoms. The van der Waals surface area contributed by atoms with Crippen molar-refractivity contribution in [2.75, 3.05) is 26.7 Å². The van der Waals surface area contributed by atoms with Crippen molar-refractivity contribution in [1.29, 1.82) is 0 Å². The number of benzene rings is 2. The molecule has 3 heterocycles. The molecule has 2 aromatic carbocycles. The Morgan fingerprint density at radius 1 is 1.15 bits per heavy atom. The Labute approximate surface area is 197 Å². The molecule has 0 atom stereocenters. The smallest absolute Gasteiger partial charge is 0.235 e. The number of ether oxygens (including phenoxy) is 2. The molecule has 0 unspecified atom stereocenters. The van der Waals surface area contributed by atoms with Crippen LogP contribution in [0.4, 0.5) is 0 Å². The van der Waals surface area contributed by atoms with E-state index in [1.807, 2.05) is 25.1 Å². The Morgan fingerprint density at radius 2 is 1.91 bits per heavy atom. The molecule has 34 heavy (non-hydrogen) atoms. The highest BCUT2D eigenvalue weighted by atomic mass is 16.5. The second-order valence-corrected chi connectivity index (χ2v) is 8.88. The standard InChI is InChI=1S/C26H28N2O6/c1-15-19(14-24-26(32)25-22(31)11-17(30)12-23(25)34-24)20-13-18(33-2)3-4-21(20)28(15)10-9-27-7-5-16(29)6-8-27/h3-4,11-14,16,29-31H,5-10H2,1-2H3. The number of ketones is 1. The van der Waals surface area contributed by atoms with Crippen LogP contribution in [0.2, 0.25) is 0 Å². The third-order valence-electron chi connectivity index (χ3n) is 6.79. The maximum Gasteiger partial charge on any atom is 0.235 e. The summed E-state index contributed by atoms with van der Waals surface area (Å²) in [6.45, 7) is 5.38. The molecule has 3 aromatic rings. The van der Waals surface area contributed by atoms with E-state index in [1.165, 1.54) is 6.07 Å². The van der Waals surface area contributed by atoms with Crippen molar-refractivity contribution in [3.05, 3.63) is 52.9 Å². The number of hydrogen-bond acceptors (Lipinski definition) is 7. The summed E-state index contributed by atoms with van der Waals surface area (Å²) in [5, 5.41) is 30.6. The van der Waals surface area contributed by atoms with Gasteiger partial charge in [0.25, 0.3) is 0 Å². The second kappa shape index (κ2) is 8.70. The zero-order valence-corrected chi connectivity index (χ0v) is 19.2. The lowest BCUT2D eigenvalue weighted by atomic mass is 10.1. The van der Waals surface area contributed by atoms with Gasteiger partial charge in [0.15, 0.2) is 5.76 Å². The molecule has 0 aliphatic carbocycles. The van der Waals surface area contributed by atoms with Gasteiger partial charge in [-0.25, -0.2) is 0 Å². The summed E-state index contributed by atoms with van der Waals surface area (Å²) in [4.78, 5) is 15.3. The number of fused-ring (bicyclic) bond motifs is 2. The SMILES string of the molecule is COc1ccc2c(c1)c(C=C1Oc3cc(O)cc(O)c3C1=O)c(C)n2CCN1CCC(O)CC1. The van der Waals surface area contributed by atoms with E-state index in [0.717, 1.165) is 67.2 Å². The van der Waals surface area contributed by atoms with Crippen molar-refractivity contribution in [3.63, 3.8) is 0 Å². The fraction of sp³-hybridized carbons (Fsp3) is 0.346. The summed E-state index contributed by atoms with van der Waals surface area (Å²) in [6.07, 6.45) is 3.08. The lowest BCUT2D eigenvalue weighted by molar-refractivity contribution is 0.0811. The van der Waals surface area contributed by atoms with Crippen molar-refractivity contribution in [1.82, 2.24) is 9.47 Å². The first-order valence-corrected chi connectivity index (χ1v) is 11.4. The van der Waals surface area contributed by atoms with E-state index < -0.39 is 5.78 Å². The minimum Gasteiger partial charge on any atom is -0.508 e. The van der Waals surface area contributed by atoms with Gasteiger partial charge in [-0.2, -0.15) is 0 Å². The van der Waals surface area contributed by atoms with E-state index in [0.29, 0.717) is 5.75 Å². The average molecular weight is 465 g/mol. The first kappa shape index (κ1) is 22.3. The van der Waals surface area contributed by atoms with Gasteiger partial charge in [0.05, 0.1) is 13.2 Å². The molecule has 8 nitrogen and oxygen atoms in total. The number of hydrogen-bond donors (Lipinski definition) is 3. The molecule has 1 aromatic heterocycles. The molecule has 0 spiro atoms. The number of methoxy groups -OCH3 is 1. The Kier molecular flexibility index (Phi) is 5.71. The Balaban J connectivity index is 1.52. The molecule has 0 radical (unpaired) electrons. The zero-order chi connectivity index (χ0) is 24.0. The summed E-state index contributed by atoms with van der Waals surface area (Å²) in [5.41, 5.74) is 2.89. The van der Waals surface area contributed by atoms with Gasteiger partial charge in [-0.05, 0) is 44.0 Å². The third kappa shape index (κ3) is 3.89. The van der Waals surface area contributed by atoms with Crippen molar-refractivity contribution < 1.29 is 29.6 Å². The highest BCUT2D eigenvalue weighted by Crippen LogP contribution is 2.41. The number of aliphatic hydroxyl groups excluding tert-OH is 1. The fourth-order valence-corrected chi connectivity index (χ4v) is 4.88. The predicted octanol–water partition coefficient (Wildman–Crippen LogP) is 3.44. The lowest BCUT2D eigenvalue weighted by Crippen LogP contribution is -2.37. The second-order valence-electron chi connectivity index (χ2n) is 8.88. The fourth-order valence-electron chi connectivity index (χ4n) is 4.88. The van der Waals surface area contributed by atoms with Gasteiger partial charge in [-0.15, -0.1) is 0 Å². The largest absolute Gasteiger partial charge is 0.508 e. The van der Waals surface area contributed by atoms with E-state index >= 15 is 0 Å². The van der Waals surface area contributed by atoms with E-state index in [2.05, 4.69) is 9.47 Å². The maximum absolute atomic E-state index is 13.0. The topological polar surface area (TPSA) is 104 Å². The van der Waals surface area contributed by atoms with Crippen LogP contribution in [-0.4, -0.2) is 63.4 Å². The summed E-state index contributed by atoms with van der Waals surface area (Å²) in [7, 11) is 1.61. The van der Waals surface area contributed by atoms with Gasteiger partial charge in [-0.1, -0.05) is 0 Å². The van der Waals surface area contributed by atoms with Crippen LogP contribution in [0, 0.1) is 6.92 Å². The number of carbonyl (C=O) groups excluding carboxylic acids is 1. The van der Waals surface area contributed by atoms with Gasteiger partial charge in [0, 0.05) is 60.5 Å². The number of aromatic nitrogens is 1. The average Bonchev–Trinajstić information content (AvgIpc) is 3.26. The maximum atomic E-state index is 13.0. The van der Waals surface area contributed by atoms with E-state index in [9.17, 15) is 20.1 Å². The molecule has 0 saturated carbocycles. The van der Waals surface area contributed by atoms with Crippen LogP contribution in [0.1, 0.15) is 34.5 Å². The molecule has 1 saturated heterocycles. The molecule has 178 valence electrons. The predicted molar refractivity (Wildman–Crippen MR) is 128 cm³/mol. The van der Waals surface area contributed by atoms with Gasteiger partial charge >= 0.3 is 0 Å². The highest BCUT2D eigenvalue weighted by molar-refractivity contribution is 6.17. The Morgan fingerprint density at radius 3 is 2.65 bits per heavy atom. The van der Waals surface area contributed by atoms with Crippen LogP contribution < -0.4 is 9.47 Å². The first-order valence-electron chi connectivity index (χ1n) is 11.4. The number of aliphatic hydroxyl groups is 1. The quantitative estimate of drug-likeness (QED) is 0.497. The van der Waals surface area contributed by atoms with Crippen molar-refractivity contribution in [3.8, 4) is 23.0 Å². The number of carbonyl (C=O) groups is 1. The number of rotatable bonds is 5. The van der Waals surface area contributed by atoms with Crippen LogP contribution in [0.15, 0.2) is 36.1 Å². The zero-order valence-electron chi connectivity index (χ0n) is 19.2. The summed E-state index contributed by atoms with van der Waals surface area (Å²) >= 11 is 0. The van der Waals surface area contributed by atoms with E-state index in [1.54, 1.807) is 13.2 Å². The number of nitrogens with zero attached hydrogens (tertiary/aromatic N) is 2. The van der Waals surface area contributed by atoms with Gasteiger partial charge < -0.3 is 34.3 Å². The number of piperidine rings is 1. The van der Waals surface area contributed by atoms with Crippen molar-refractivity contribution in [2.45, 2.75) is 32.4 Å². The molecular weight excluding hydrogens is 436 g/mol. The number of likely N-dealkylation sites (tertiary alicyclic amines) is 1. The van der Waals surface area contributed by atoms with Crippen LogP contribution in [0.3, 0.4) is 0 Å². The molecular formula is C26H28N2O6. The molecule has 2 aliphatic heterocycles. The molecule has 2 aliphatic rings. The van der Waals surface area contributed by atoms with Crippen LogP contribution >= 0.6 is 0 Å². The number of aromatic hydroxyl groups is 2. The highest BCUT2D eigenvalue weighted by Gasteiger charge is 2.32. The van der Waals surface area contributed by atoms with Gasteiger partial charge in [0.1, 0.15) is 28.6 Å². The minimum absolute atomic E-state index is 0.0512. The number of phenolic OH excluding ortho intramolecular Hbond substituents is 2. The van der Waals surface area contributed by atoms with Crippen LogP contribution in [0.25, 0.3) is 17.0 Å². The van der Waals surface area contributed by atoms with Crippen LogP contribution in [0.5, 0.6) is 23.0 Å². The summed E-state index contributed by atoms with van der Waals surface area (Å²) in [6, 6.07) is 8.32. The summed E-state index contributed by atoms with van der Waals surface area (Å²) < 4.78 is 13.4. The van der Waals surface area contributed by atoms with Crippen molar-refractivity contribution >= 4 is 22.8 Å². The molecule has 5 rings (SSSR count). The van der Waals surface area contributed by atoms with Crippen LogP contribution in [-0.2, 0) is 6.54 Å². The third-order valence-corrected chi connectivity index (χ3v) is 6.79. The van der Waals surface area contributed by atoms with Crippen molar-refractivity contribution in [2.24, 2.45) is 0 Å². The Bertz CT molecular complexity index is 1300. The van der Waals surface area contributed by atoms with E-state index in [4.69, 9.17) is 9.47 Å². The molecule has 1 fully saturated rings. The number of Topliss-reactive ketones (excluding diaryl/α,β-unsaturated/α-hetero) is 1. The number of allylic oxidation sites excluding steroid dienone is 1. The van der Waals surface area contributed by atoms with E-state index in [-0.39, 0.29) is 34.7 Å². The van der Waals surface area contributed by atoms with Gasteiger partial charge in [0.2, 0.25) is 5.78 Å². The minimum atomic E-state index is -0.428. The lowest BCUT2D eigenvalue weighted by Gasteiger charge is -2.29. The monoisotopic (exact) mass is 464 g/mol. The summed E-state index contributed by atoms with van der Waals surface area (Å²) in [5.74, 6) is 0.0243. The van der Waals surface area contributed by atoms with Gasteiger partial charge in [-0.3, -0.25) is 4.79 Å². The Hall–Kier alpha value is -3.49. The first-order chi connectivity index (χ1) is 16.4. The molecule has 3 N–H and O–H groups in total. The normalized spacial score (nSPS) is 18.0.